The molecule has 0 fully saturated rings. The number of nitrogens with zero attached hydrogens (tertiary/aromatic N) is 1. The topological polar surface area (TPSA) is 102 Å². The van der Waals surface area contributed by atoms with E-state index in [1.165, 1.54) is 35.2 Å². The summed E-state index contributed by atoms with van der Waals surface area (Å²) in [5, 5.41) is 9.92. The van der Waals surface area contributed by atoms with Gasteiger partial charge in [-0.25, -0.2) is 18.5 Å². The third-order valence-corrected chi connectivity index (χ3v) is 6.82. The van der Waals surface area contributed by atoms with Gasteiger partial charge in [-0.2, -0.15) is 0 Å². The van der Waals surface area contributed by atoms with Crippen molar-refractivity contribution in [1.82, 2.24) is 10.3 Å². The van der Waals surface area contributed by atoms with Crippen molar-refractivity contribution in [3.05, 3.63) is 65.5 Å². The number of rotatable bonds is 8. The third kappa shape index (κ3) is 5.90. The summed E-state index contributed by atoms with van der Waals surface area (Å²) >= 11 is 2.93. The summed E-state index contributed by atoms with van der Waals surface area (Å²) in [6, 6.07) is 16.2. The normalized spacial score (nSPS) is 11.3. The van der Waals surface area contributed by atoms with Crippen LogP contribution < -0.4 is 10.5 Å². The van der Waals surface area contributed by atoms with E-state index in [4.69, 9.17) is 5.14 Å². The molecule has 0 bridgehead atoms. The van der Waals surface area contributed by atoms with E-state index in [2.05, 4.69) is 10.3 Å². The van der Waals surface area contributed by atoms with Crippen molar-refractivity contribution >= 4 is 39.0 Å². The molecule has 0 aliphatic heterocycles. The monoisotopic (exact) mass is 433 g/mol. The largest absolute Gasteiger partial charge is 0.355 e. The number of hydrogen-bond donors (Lipinski definition) is 2. The Morgan fingerprint density at radius 2 is 1.82 bits per heavy atom. The van der Waals surface area contributed by atoms with Crippen LogP contribution in [0.1, 0.15) is 5.56 Å². The van der Waals surface area contributed by atoms with Gasteiger partial charge in [0.15, 0.2) is 4.34 Å². The summed E-state index contributed by atoms with van der Waals surface area (Å²) in [4.78, 5) is 16.6. The van der Waals surface area contributed by atoms with Crippen molar-refractivity contribution in [3.63, 3.8) is 0 Å². The SMILES string of the molecule is NS(=O)(=O)c1ccc(CCNC(=O)CSc2nc(-c3ccccc3)cs2)cc1. The lowest BCUT2D eigenvalue weighted by molar-refractivity contribution is -0.118. The molecule has 0 unspecified atom stereocenters. The Morgan fingerprint density at radius 3 is 2.50 bits per heavy atom. The zero-order valence-electron chi connectivity index (χ0n) is 14.9. The van der Waals surface area contributed by atoms with Crippen molar-refractivity contribution in [2.75, 3.05) is 12.3 Å². The van der Waals surface area contributed by atoms with Gasteiger partial charge >= 0.3 is 0 Å². The number of thioether (sulfide) groups is 1. The van der Waals surface area contributed by atoms with Gasteiger partial charge in [-0.15, -0.1) is 11.3 Å². The minimum Gasteiger partial charge on any atom is -0.355 e. The molecule has 3 N–H and O–H groups in total. The molecule has 146 valence electrons. The van der Waals surface area contributed by atoms with Crippen LogP contribution in [0.25, 0.3) is 11.3 Å². The molecule has 0 saturated carbocycles. The summed E-state index contributed by atoms with van der Waals surface area (Å²) in [6.45, 7) is 0.473. The first-order valence-electron chi connectivity index (χ1n) is 8.44. The molecular formula is C19H19N3O3S3. The predicted molar refractivity (Wildman–Crippen MR) is 113 cm³/mol. The first kappa shape index (κ1) is 20.5. The number of sulfonamides is 1. The molecule has 28 heavy (non-hydrogen) atoms. The van der Waals surface area contributed by atoms with E-state index >= 15 is 0 Å². The lowest BCUT2D eigenvalue weighted by Gasteiger charge is -2.05. The summed E-state index contributed by atoms with van der Waals surface area (Å²) in [6.07, 6.45) is 0.608. The van der Waals surface area contributed by atoms with Crippen LogP contribution in [0.5, 0.6) is 0 Å². The van der Waals surface area contributed by atoms with Gasteiger partial charge < -0.3 is 5.32 Å². The van der Waals surface area contributed by atoms with Crippen molar-refractivity contribution in [3.8, 4) is 11.3 Å². The molecule has 0 saturated heterocycles. The maximum Gasteiger partial charge on any atom is 0.238 e. The number of benzene rings is 2. The van der Waals surface area contributed by atoms with Crippen LogP contribution in [0.4, 0.5) is 0 Å². The smallest absolute Gasteiger partial charge is 0.238 e. The van der Waals surface area contributed by atoms with Gasteiger partial charge in [0.1, 0.15) is 0 Å². The minimum atomic E-state index is -3.68. The fraction of sp³-hybridized carbons (Fsp3) is 0.158. The number of nitrogens with two attached hydrogens (primary N) is 1. The van der Waals surface area contributed by atoms with Gasteiger partial charge in [0.2, 0.25) is 15.9 Å². The fourth-order valence-corrected chi connectivity index (χ4v) is 4.62. The highest BCUT2D eigenvalue weighted by molar-refractivity contribution is 8.01. The Bertz CT molecular complexity index is 1030. The first-order chi connectivity index (χ1) is 13.4. The number of primary sulfonamides is 1. The molecule has 9 heteroatoms. The maximum atomic E-state index is 12.0. The summed E-state index contributed by atoms with van der Waals surface area (Å²) in [5.74, 6) is 0.231. The minimum absolute atomic E-state index is 0.0670. The second-order valence-corrected chi connectivity index (χ2v) is 9.58. The Labute approximate surface area is 172 Å². The van der Waals surface area contributed by atoms with Gasteiger partial charge in [0.05, 0.1) is 16.3 Å². The molecular weight excluding hydrogens is 414 g/mol. The quantitative estimate of drug-likeness (QED) is 0.532. The van der Waals surface area contributed by atoms with E-state index in [-0.39, 0.29) is 10.8 Å². The highest BCUT2D eigenvalue weighted by Gasteiger charge is 2.09. The van der Waals surface area contributed by atoms with E-state index < -0.39 is 10.0 Å². The van der Waals surface area contributed by atoms with E-state index in [1.54, 1.807) is 12.1 Å². The number of hydrogen-bond acceptors (Lipinski definition) is 6. The molecule has 0 aliphatic carbocycles. The van der Waals surface area contributed by atoms with Gasteiger partial charge in [0, 0.05) is 17.5 Å². The fourth-order valence-electron chi connectivity index (χ4n) is 2.44. The van der Waals surface area contributed by atoms with Crippen molar-refractivity contribution in [2.24, 2.45) is 5.14 Å². The number of thiazole rings is 1. The Balaban J connectivity index is 1.42. The molecule has 0 atom stereocenters. The summed E-state index contributed by atoms with van der Waals surface area (Å²) in [5.41, 5.74) is 2.90. The van der Waals surface area contributed by atoms with Crippen LogP contribution in [-0.4, -0.2) is 31.6 Å². The number of carbonyl (C=O) groups is 1. The van der Waals surface area contributed by atoms with E-state index in [0.29, 0.717) is 18.7 Å². The van der Waals surface area contributed by atoms with E-state index in [0.717, 1.165) is 21.2 Å². The van der Waals surface area contributed by atoms with E-state index in [1.807, 2.05) is 35.7 Å². The molecule has 0 radical (unpaired) electrons. The summed E-state index contributed by atoms with van der Waals surface area (Å²) < 4.78 is 23.3. The second-order valence-electron chi connectivity index (χ2n) is 5.94. The van der Waals surface area contributed by atoms with Gasteiger partial charge in [-0.1, -0.05) is 54.2 Å². The highest BCUT2D eigenvalue weighted by atomic mass is 32.2. The number of carbonyl (C=O) groups excluding carboxylic acids is 1. The maximum absolute atomic E-state index is 12.0. The number of nitrogens with one attached hydrogen (secondary N) is 1. The molecule has 1 heterocycles. The molecule has 0 spiro atoms. The molecule has 6 nitrogen and oxygen atoms in total. The van der Waals surface area contributed by atoms with Crippen molar-refractivity contribution < 1.29 is 13.2 Å². The van der Waals surface area contributed by atoms with E-state index in [9.17, 15) is 13.2 Å². The van der Waals surface area contributed by atoms with Crippen LogP contribution in [0, 0.1) is 0 Å². The molecule has 1 amide bonds. The molecule has 3 aromatic rings. The van der Waals surface area contributed by atoms with Crippen LogP contribution in [0.2, 0.25) is 0 Å². The van der Waals surface area contributed by atoms with Crippen LogP contribution in [0.3, 0.4) is 0 Å². The van der Waals surface area contributed by atoms with Crippen LogP contribution >= 0.6 is 23.1 Å². The zero-order valence-corrected chi connectivity index (χ0v) is 17.3. The average Bonchev–Trinajstić information content (AvgIpc) is 3.16. The Morgan fingerprint density at radius 1 is 1.11 bits per heavy atom. The lowest BCUT2D eigenvalue weighted by atomic mass is 10.1. The van der Waals surface area contributed by atoms with Crippen molar-refractivity contribution in [1.29, 1.82) is 0 Å². The van der Waals surface area contributed by atoms with Gasteiger partial charge in [0.25, 0.3) is 0 Å². The van der Waals surface area contributed by atoms with Gasteiger partial charge in [-0.05, 0) is 24.1 Å². The number of aromatic nitrogens is 1. The lowest BCUT2D eigenvalue weighted by Crippen LogP contribution is -2.27. The number of amides is 1. The molecule has 2 aromatic carbocycles. The zero-order chi connectivity index (χ0) is 20.0. The van der Waals surface area contributed by atoms with Crippen molar-refractivity contribution in [2.45, 2.75) is 15.7 Å². The van der Waals surface area contributed by atoms with Crippen LogP contribution in [-0.2, 0) is 21.2 Å². The summed E-state index contributed by atoms with van der Waals surface area (Å²) in [7, 11) is -3.68. The predicted octanol–water partition coefficient (Wildman–Crippen LogP) is 2.91. The molecule has 3 rings (SSSR count). The first-order valence-corrected chi connectivity index (χ1v) is 11.9. The molecule has 1 aromatic heterocycles. The Hall–Kier alpha value is -2.20. The average molecular weight is 434 g/mol. The molecule has 0 aliphatic rings. The third-order valence-electron chi connectivity index (χ3n) is 3.87. The Kier molecular flexibility index (Phi) is 6.84. The van der Waals surface area contributed by atoms with Gasteiger partial charge in [-0.3, -0.25) is 4.79 Å². The standard InChI is InChI=1S/C19H19N3O3S3/c20-28(24,25)16-8-6-14(7-9-16)10-11-21-18(23)13-27-19-22-17(12-26-19)15-4-2-1-3-5-15/h1-9,12H,10-11,13H2,(H,21,23)(H2,20,24,25). The van der Waals surface area contributed by atoms with Crippen LogP contribution in [0.15, 0.2) is 69.2 Å². The highest BCUT2D eigenvalue weighted by Crippen LogP contribution is 2.27. The second kappa shape index (κ2) is 9.33.